The summed E-state index contributed by atoms with van der Waals surface area (Å²) >= 11 is 0. The molecule has 1 amide bonds. The molecule has 1 aliphatic carbocycles. The van der Waals surface area contributed by atoms with E-state index in [9.17, 15) is 9.59 Å². The second-order valence-corrected chi connectivity index (χ2v) is 5.15. The van der Waals surface area contributed by atoms with E-state index in [0.717, 1.165) is 12.6 Å². The first-order valence-corrected chi connectivity index (χ1v) is 6.91. The molecule has 1 aromatic rings. The topological polar surface area (TPSA) is 82.5 Å². The normalized spacial score (nSPS) is 14.6. The molecule has 2 rings (SSSR count). The highest BCUT2D eigenvalue weighted by molar-refractivity contribution is 5.94. The lowest BCUT2D eigenvalue weighted by molar-refractivity contribution is -0.131. The smallest absolute Gasteiger partial charge is 0.328 e. The van der Waals surface area contributed by atoms with E-state index in [1.807, 2.05) is 0 Å². The summed E-state index contributed by atoms with van der Waals surface area (Å²) in [6.45, 7) is 1.41. The number of hydrogen-bond donors (Lipinski definition) is 2. The molecule has 0 unspecified atom stereocenters. The molecule has 1 fully saturated rings. The van der Waals surface area contributed by atoms with Crippen molar-refractivity contribution >= 4 is 18.0 Å². The molecule has 0 bridgehead atoms. The Morgan fingerprint density at radius 2 is 2.24 bits per heavy atom. The largest absolute Gasteiger partial charge is 0.478 e. The van der Waals surface area contributed by atoms with Crippen molar-refractivity contribution in [3.05, 3.63) is 35.7 Å². The van der Waals surface area contributed by atoms with Gasteiger partial charge in [0.15, 0.2) is 0 Å². The highest BCUT2D eigenvalue weighted by atomic mass is 16.4. The average Bonchev–Trinajstić information content (AvgIpc) is 3.30. The molecule has 1 aromatic heterocycles. The Kier molecular flexibility index (Phi) is 5.05. The molecule has 1 heterocycles. The van der Waals surface area contributed by atoms with Crippen LogP contribution in [0.3, 0.4) is 0 Å². The zero-order valence-electron chi connectivity index (χ0n) is 12.0. The minimum atomic E-state index is -1.03. The fourth-order valence-electron chi connectivity index (χ4n) is 1.99. The monoisotopic (exact) mass is 289 g/mol. The van der Waals surface area contributed by atoms with Gasteiger partial charge in [-0.2, -0.15) is 0 Å². The number of aromatic nitrogens is 1. The van der Waals surface area contributed by atoms with Crippen LogP contribution in [-0.2, 0) is 4.79 Å². The molecule has 112 valence electrons. The minimum absolute atomic E-state index is 0.197. The van der Waals surface area contributed by atoms with Crippen molar-refractivity contribution in [1.29, 1.82) is 0 Å². The number of amides is 1. The third kappa shape index (κ3) is 5.00. The number of pyridine rings is 1. The Labute approximate surface area is 123 Å². The van der Waals surface area contributed by atoms with Crippen LogP contribution in [0.25, 0.3) is 6.08 Å². The molecule has 0 spiro atoms. The van der Waals surface area contributed by atoms with Crippen molar-refractivity contribution < 1.29 is 14.7 Å². The standard InChI is InChI=1S/C15H19N3O3/c1-18(13-3-4-13)7-6-17-15(21)12-8-11(9-16-10-12)2-5-14(19)20/h2,5,8-10,13H,3-4,6-7H2,1H3,(H,17,21)(H,19,20). The Morgan fingerprint density at radius 3 is 2.90 bits per heavy atom. The lowest BCUT2D eigenvalue weighted by Gasteiger charge is -2.15. The predicted molar refractivity (Wildman–Crippen MR) is 78.9 cm³/mol. The summed E-state index contributed by atoms with van der Waals surface area (Å²) in [5.41, 5.74) is 1.01. The van der Waals surface area contributed by atoms with Crippen molar-refractivity contribution in [2.45, 2.75) is 18.9 Å². The minimum Gasteiger partial charge on any atom is -0.478 e. The van der Waals surface area contributed by atoms with Crippen LogP contribution in [0, 0.1) is 0 Å². The van der Waals surface area contributed by atoms with E-state index in [4.69, 9.17) is 5.11 Å². The number of carboxylic acids is 1. The van der Waals surface area contributed by atoms with Crippen LogP contribution >= 0.6 is 0 Å². The molecule has 1 aliphatic rings. The number of aliphatic carboxylic acids is 1. The van der Waals surface area contributed by atoms with Gasteiger partial charge in [-0.05, 0) is 37.6 Å². The second-order valence-electron chi connectivity index (χ2n) is 5.15. The number of nitrogens with zero attached hydrogens (tertiary/aromatic N) is 2. The molecule has 21 heavy (non-hydrogen) atoms. The maximum Gasteiger partial charge on any atom is 0.328 e. The summed E-state index contributed by atoms with van der Waals surface area (Å²) in [5, 5.41) is 11.4. The predicted octanol–water partition coefficient (Wildman–Crippen LogP) is 1.00. The Hall–Kier alpha value is -2.21. The Morgan fingerprint density at radius 1 is 1.48 bits per heavy atom. The molecule has 0 radical (unpaired) electrons. The molecule has 0 aliphatic heterocycles. The number of nitrogens with one attached hydrogen (secondary N) is 1. The summed E-state index contributed by atoms with van der Waals surface area (Å²) in [6.07, 6.45) is 7.89. The number of carboxylic acid groups (broad SMARTS) is 1. The Balaban J connectivity index is 1.86. The van der Waals surface area contributed by atoms with E-state index in [1.54, 1.807) is 6.07 Å². The third-order valence-corrected chi connectivity index (χ3v) is 3.36. The lowest BCUT2D eigenvalue weighted by Crippen LogP contribution is -2.34. The third-order valence-electron chi connectivity index (χ3n) is 3.36. The maximum absolute atomic E-state index is 12.0. The molecule has 6 nitrogen and oxygen atoms in total. The summed E-state index contributed by atoms with van der Waals surface area (Å²) < 4.78 is 0. The lowest BCUT2D eigenvalue weighted by atomic mass is 10.2. The van der Waals surface area contributed by atoms with E-state index in [2.05, 4.69) is 22.2 Å². The van der Waals surface area contributed by atoms with Gasteiger partial charge in [-0.25, -0.2) is 4.79 Å². The fourth-order valence-corrected chi connectivity index (χ4v) is 1.99. The van der Waals surface area contributed by atoms with Gasteiger partial charge in [-0.15, -0.1) is 0 Å². The molecule has 0 atom stereocenters. The first kappa shape index (κ1) is 15.2. The molecule has 6 heteroatoms. The molecular formula is C15H19N3O3. The number of carbonyl (C=O) groups is 2. The zero-order valence-corrected chi connectivity index (χ0v) is 12.0. The molecule has 2 N–H and O–H groups in total. The van der Waals surface area contributed by atoms with Gasteiger partial charge in [-0.1, -0.05) is 0 Å². The van der Waals surface area contributed by atoms with Gasteiger partial charge in [-0.3, -0.25) is 9.78 Å². The van der Waals surface area contributed by atoms with Crippen molar-refractivity contribution in [3.63, 3.8) is 0 Å². The van der Waals surface area contributed by atoms with Gasteiger partial charge < -0.3 is 15.3 Å². The number of likely N-dealkylation sites (N-methyl/N-ethyl adjacent to an activating group) is 1. The van der Waals surface area contributed by atoms with Crippen molar-refractivity contribution in [2.75, 3.05) is 20.1 Å². The quantitative estimate of drug-likeness (QED) is 0.732. The SMILES string of the molecule is CN(CCNC(=O)c1cncc(C=CC(=O)O)c1)C1CC1. The van der Waals surface area contributed by atoms with E-state index in [0.29, 0.717) is 23.7 Å². The van der Waals surface area contributed by atoms with Crippen molar-refractivity contribution in [1.82, 2.24) is 15.2 Å². The summed E-state index contributed by atoms with van der Waals surface area (Å²) in [7, 11) is 2.06. The van der Waals surface area contributed by atoms with Gasteiger partial charge in [0.25, 0.3) is 5.91 Å². The fraction of sp³-hybridized carbons (Fsp3) is 0.400. The van der Waals surface area contributed by atoms with Gasteiger partial charge in [0, 0.05) is 37.6 Å². The first-order valence-electron chi connectivity index (χ1n) is 6.91. The van der Waals surface area contributed by atoms with Crippen LogP contribution in [0.4, 0.5) is 0 Å². The van der Waals surface area contributed by atoms with E-state index in [-0.39, 0.29) is 5.91 Å². The Bertz CT molecular complexity index is 553. The van der Waals surface area contributed by atoms with Crippen LogP contribution in [0.5, 0.6) is 0 Å². The number of carbonyl (C=O) groups excluding carboxylic acids is 1. The van der Waals surface area contributed by atoms with E-state index in [1.165, 1.54) is 31.3 Å². The van der Waals surface area contributed by atoms with Gasteiger partial charge in [0.05, 0.1) is 5.56 Å². The highest BCUT2D eigenvalue weighted by Crippen LogP contribution is 2.24. The number of rotatable bonds is 7. The van der Waals surface area contributed by atoms with Crippen LogP contribution in [-0.4, -0.2) is 53.0 Å². The molecule has 0 saturated heterocycles. The summed E-state index contributed by atoms with van der Waals surface area (Å²) in [6, 6.07) is 2.29. The van der Waals surface area contributed by atoms with E-state index < -0.39 is 5.97 Å². The van der Waals surface area contributed by atoms with Gasteiger partial charge >= 0.3 is 5.97 Å². The molecular weight excluding hydrogens is 270 g/mol. The van der Waals surface area contributed by atoms with Crippen molar-refractivity contribution in [2.24, 2.45) is 0 Å². The van der Waals surface area contributed by atoms with Gasteiger partial charge in [0.2, 0.25) is 0 Å². The summed E-state index contributed by atoms with van der Waals surface area (Å²) in [4.78, 5) is 28.6. The van der Waals surface area contributed by atoms with Crippen LogP contribution in [0.2, 0.25) is 0 Å². The second kappa shape index (κ2) is 6.99. The van der Waals surface area contributed by atoms with E-state index >= 15 is 0 Å². The molecule has 0 aromatic carbocycles. The number of hydrogen-bond acceptors (Lipinski definition) is 4. The highest BCUT2D eigenvalue weighted by Gasteiger charge is 2.25. The van der Waals surface area contributed by atoms with Crippen molar-refractivity contribution in [3.8, 4) is 0 Å². The molecule has 1 saturated carbocycles. The summed E-state index contributed by atoms with van der Waals surface area (Å²) in [5.74, 6) is -1.23. The average molecular weight is 289 g/mol. The van der Waals surface area contributed by atoms with Gasteiger partial charge in [0.1, 0.15) is 0 Å². The van der Waals surface area contributed by atoms with Crippen LogP contribution < -0.4 is 5.32 Å². The zero-order chi connectivity index (χ0) is 15.2. The maximum atomic E-state index is 12.0. The van der Waals surface area contributed by atoms with Crippen LogP contribution in [0.15, 0.2) is 24.5 Å². The first-order chi connectivity index (χ1) is 10.1. The van der Waals surface area contributed by atoms with Crippen LogP contribution in [0.1, 0.15) is 28.8 Å².